The second kappa shape index (κ2) is 26.5. The van der Waals surface area contributed by atoms with Crippen molar-refractivity contribution < 1.29 is 15.3 Å². The van der Waals surface area contributed by atoms with Crippen molar-refractivity contribution in [1.82, 2.24) is 58.6 Å². The van der Waals surface area contributed by atoms with Crippen LogP contribution in [0, 0.1) is 5.92 Å². The number of anilines is 7. The molecule has 3 aromatic carbocycles. The molecule has 0 saturated heterocycles. The SMILES string of the molecule is CC(C)[C@H](CO)Nc1nc(Nc2cccc(Cl)c2)c2ncn(C(C)C)c2n1.CCC(CO)Nc1nc(NCc2ccccc2)c2ncn(C(C)C)c2n1.Cn1cnc2c(NCc3ccccc3)nc(NCCO)nc21. The molecule has 0 aliphatic carbocycles. The van der Waals surface area contributed by atoms with Crippen LogP contribution in [-0.4, -0.2) is 112 Å². The number of hydrogen-bond donors (Lipinski definition) is 9. The normalized spacial score (nSPS) is 12.1. The van der Waals surface area contributed by atoms with Crippen molar-refractivity contribution in [2.75, 3.05) is 58.3 Å². The van der Waals surface area contributed by atoms with Gasteiger partial charge in [0.25, 0.3) is 0 Å². The van der Waals surface area contributed by atoms with Gasteiger partial charge in [-0.2, -0.15) is 29.9 Å². The number of benzene rings is 3. The smallest absolute Gasteiger partial charge is 0.227 e. The summed E-state index contributed by atoms with van der Waals surface area (Å²) in [6.07, 6.45) is 6.06. The number of halogens is 1. The van der Waals surface area contributed by atoms with Gasteiger partial charge in [-0.3, -0.25) is 0 Å². The van der Waals surface area contributed by atoms with Gasteiger partial charge in [-0.1, -0.05) is 99.1 Å². The monoisotopic (exact) mass is 1040 g/mol. The molecular weight excluding hydrogens is 972 g/mol. The maximum Gasteiger partial charge on any atom is 0.227 e. The summed E-state index contributed by atoms with van der Waals surface area (Å²) in [7, 11) is 1.89. The van der Waals surface area contributed by atoms with E-state index in [9.17, 15) is 10.2 Å². The molecule has 1 unspecified atom stereocenters. The number of aliphatic hydroxyl groups is 3. The van der Waals surface area contributed by atoms with E-state index in [2.05, 4.69) is 129 Å². The Morgan fingerprint density at radius 2 is 1.08 bits per heavy atom. The van der Waals surface area contributed by atoms with Crippen molar-refractivity contribution in [3.05, 3.63) is 120 Å². The van der Waals surface area contributed by atoms with E-state index >= 15 is 0 Å². The van der Waals surface area contributed by atoms with Gasteiger partial charge in [0, 0.05) is 49.5 Å². The maximum absolute atomic E-state index is 9.64. The van der Waals surface area contributed by atoms with Crippen molar-refractivity contribution in [1.29, 1.82) is 0 Å². The summed E-state index contributed by atoms with van der Waals surface area (Å²) < 4.78 is 5.86. The molecule has 2 atom stereocenters. The second-order valence-corrected chi connectivity index (χ2v) is 19.1. The standard InChI is InChI=1S/C19H25ClN6O.C19H26N6O.C15H18N6O/c1-11(2)15(9-27)23-19-24-17(22-14-7-5-6-13(20)8-14)16-18(25-19)26(10-21-16)12(3)4;1-4-15(11-26)22-19-23-17(20-10-14-8-6-5-7-9-14)16-18(24-19)25(12-21-16)13(2)3;1-21-10-18-12-13(17-9-11-5-3-2-4-6-11)19-15(16-7-8-22)20-14(12)21/h5-8,10-12,15,27H,9H2,1-4H3,(H2,22,23,24,25);5-9,12-13,15,26H,4,10-11H2,1-3H3,(H2,20,22,23,24);2-6,10,22H,7-9H2,1H3,(H2,16,17,19,20)/t15-;;/m0../s1. The number of fused-ring (bicyclic) bond motifs is 3. The first kappa shape index (κ1) is 55.0. The quantitative estimate of drug-likeness (QED) is 0.0325. The molecule has 396 valence electrons. The predicted molar refractivity (Wildman–Crippen MR) is 300 cm³/mol. The van der Waals surface area contributed by atoms with Crippen LogP contribution in [0.4, 0.5) is 41.0 Å². The Kier molecular flexibility index (Phi) is 19.4. The lowest BCUT2D eigenvalue weighted by Gasteiger charge is -2.20. The fourth-order valence-corrected chi connectivity index (χ4v) is 7.81. The Bertz CT molecular complexity index is 3200. The van der Waals surface area contributed by atoms with Crippen molar-refractivity contribution in [3.8, 4) is 0 Å². The molecule has 9 rings (SSSR count). The van der Waals surface area contributed by atoms with Gasteiger partial charge in [0.15, 0.2) is 50.9 Å². The number of imidazole rings is 3. The second-order valence-electron chi connectivity index (χ2n) is 18.6. The number of hydrogen-bond acceptors (Lipinski definition) is 18. The molecule has 22 heteroatoms. The lowest BCUT2D eigenvalue weighted by molar-refractivity contribution is 0.248. The molecule has 9 aromatic rings. The minimum absolute atomic E-state index is 0.000435. The first-order chi connectivity index (χ1) is 36.3. The molecule has 0 aliphatic heterocycles. The molecule has 0 radical (unpaired) electrons. The molecule has 0 spiro atoms. The van der Waals surface area contributed by atoms with Crippen LogP contribution in [0.15, 0.2) is 104 Å². The summed E-state index contributed by atoms with van der Waals surface area (Å²) in [5.41, 5.74) is 7.55. The number of aromatic nitrogens is 12. The molecule has 9 N–H and O–H groups in total. The lowest BCUT2D eigenvalue weighted by atomic mass is 10.1. The Hall–Kier alpha value is -7.72. The Morgan fingerprint density at radius 3 is 1.60 bits per heavy atom. The van der Waals surface area contributed by atoms with E-state index in [0.29, 0.717) is 65.5 Å². The zero-order valence-corrected chi connectivity index (χ0v) is 44.5. The average molecular weight is 1040 g/mol. The topological polar surface area (TPSA) is 264 Å². The highest BCUT2D eigenvalue weighted by Gasteiger charge is 2.20. The van der Waals surface area contributed by atoms with Crippen LogP contribution in [0.25, 0.3) is 33.5 Å². The van der Waals surface area contributed by atoms with E-state index in [1.54, 1.807) is 19.0 Å². The highest BCUT2D eigenvalue weighted by Crippen LogP contribution is 2.29. The minimum atomic E-state index is -0.142. The van der Waals surface area contributed by atoms with Gasteiger partial charge in [0.2, 0.25) is 17.8 Å². The highest BCUT2D eigenvalue weighted by atomic mass is 35.5. The van der Waals surface area contributed by atoms with Crippen LogP contribution in [0.1, 0.15) is 78.1 Å². The summed E-state index contributed by atoms with van der Waals surface area (Å²) in [5, 5.41) is 48.1. The number of nitrogens with zero attached hydrogens (tertiary/aromatic N) is 12. The van der Waals surface area contributed by atoms with Gasteiger partial charge < -0.3 is 60.9 Å². The molecule has 0 amide bonds. The molecule has 0 aliphatic rings. The first-order valence-corrected chi connectivity index (χ1v) is 25.5. The Balaban J connectivity index is 0.000000165. The van der Waals surface area contributed by atoms with E-state index in [-0.39, 0.29) is 49.9 Å². The molecule has 6 heterocycles. The molecule has 6 aromatic heterocycles. The van der Waals surface area contributed by atoms with Gasteiger partial charge in [0.1, 0.15) is 0 Å². The Morgan fingerprint density at radius 1 is 0.560 bits per heavy atom. The predicted octanol–water partition coefficient (Wildman–Crippen LogP) is 8.81. The third-order valence-electron chi connectivity index (χ3n) is 12.0. The van der Waals surface area contributed by atoms with Crippen LogP contribution in [0.5, 0.6) is 0 Å². The fraction of sp³-hybridized carbons (Fsp3) is 0.377. The largest absolute Gasteiger partial charge is 0.395 e. The zero-order chi connectivity index (χ0) is 53.4. The lowest BCUT2D eigenvalue weighted by Crippen LogP contribution is -2.30. The summed E-state index contributed by atoms with van der Waals surface area (Å²) >= 11 is 6.10. The third-order valence-corrected chi connectivity index (χ3v) is 12.2. The zero-order valence-electron chi connectivity index (χ0n) is 43.7. The van der Waals surface area contributed by atoms with Gasteiger partial charge >= 0.3 is 0 Å². The van der Waals surface area contributed by atoms with Crippen LogP contribution in [-0.2, 0) is 20.1 Å². The molecular formula is C53H69ClN18O3. The van der Waals surface area contributed by atoms with E-state index in [4.69, 9.17) is 16.7 Å². The van der Waals surface area contributed by atoms with Crippen LogP contribution >= 0.6 is 11.6 Å². The van der Waals surface area contributed by atoms with E-state index in [0.717, 1.165) is 45.6 Å². The van der Waals surface area contributed by atoms with E-state index in [1.807, 2.05) is 102 Å². The first-order valence-electron chi connectivity index (χ1n) is 25.1. The van der Waals surface area contributed by atoms with Crippen molar-refractivity contribution >= 4 is 86.1 Å². The summed E-state index contributed by atoms with van der Waals surface area (Å²) in [4.78, 5) is 40.7. The van der Waals surface area contributed by atoms with E-state index in [1.165, 1.54) is 5.56 Å². The minimum Gasteiger partial charge on any atom is -0.395 e. The number of nitrogens with one attached hydrogen (secondary N) is 6. The molecule has 21 nitrogen and oxygen atoms in total. The van der Waals surface area contributed by atoms with Crippen LogP contribution in [0.2, 0.25) is 5.02 Å². The summed E-state index contributed by atoms with van der Waals surface area (Å²) in [6, 6.07) is 27.9. The number of aryl methyl sites for hydroxylation is 1. The molecule has 0 bridgehead atoms. The van der Waals surface area contributed by atoms with Gasteiger partial charge in [0.05, 0.1) is 50.9 Å². The van der Waals surface area contributed by atoms with E-state index < -0.39 is 0 Å². The average Bonchev–Trinajstić information content (AvgIpc) is 4.16. The van der Waals surface area contributed by atoms with Crippen molar-refractivity contribution in [2.45, 2.75) is 92.1 Å². The maximum atomic E-state index is 9.64. The van der Waals surface area contributed by atoms with Crippen LogP contribution < -0.4 is 31.9 Å². The number of aliphatic hydroxyl groups excluding tert-OH is 3. The van der Waals surface area contributed by atoms with Gasteiger partial charge in [-0.25, -0.2) is 15.0 Å². The Labute approximate surface area is 441 Å². The number of rotatable bonds is 21. The van der Waals surface area contributed by atoms with Crippen molar-refractivity contribution in [2.24, 2.45) is 13.0 Å². The molecule has 0 saturated carbocycles. The van der Waals surface area contributed by atoms with Gasteiger partial charge in [-0.15, -0.1) is 0 Å². The highest BCUT2D eigenvalue weighted by molar-refractivity contribution is 6.30. The molecule has 75 heavy (non-hydrogen) atoms. The third kappa shape index (κ3) is 14.5. The van der Waals surface area contributed by atoms with Crippen LogP contribution in [0.3, 0.4) is 0 Å². The molecule has 0 fully saturated rings. The fourth-order valence-electron chi connectivity index (χ4n) is 7.62. The summed E-state index contributed by atoms with van der Waals surface area (Å²) in [6.45, 7) is 16.2. The van der Waals surface area contributed by atoms with Crippen molar-refractivity contribution in [3.63, 3.8) is 0 Å². The summed E-state index contributed by atoms with van der Waals surface area (Å²) in [5.74, 6) is 3.60. The van der Waals surface area contributed by atoms with Gasteiger partial charge in [-0.05, 0) is 69.4 Å².